The molecule has 1 aromatic rings. The molecule has 1 aliphatic rings. The number of carbonyl (C=O) groups is 2. The third-order valence-corrected chi connectivity index (χ3v) is 3.81. The topological polar surface area (TPSA) is 52.6 Å². The molecule has 0 amide bonds. The molecule has 0 saturated heterocycles. The van der Waals surface area contributed by atoms with Crippen molar-refractivity contribution < 1.29 is 19.1 Å². The number of esters is 2. The summed E-state index contributed by atoms with van der Waals surface area (Å²) < 4.78 is 10.5. The van der Waals surface area contributed by atoms with Crippen LogP contribution < -0.4 is 0 Å². The Hall–Kier alpha value is -2.10. The third kappa shape index (κ3) is 6.68. The summed E-state index contributed by atoms with van der Waals surface area (Å²) >= 11 is 0. The van der Waals surface area contributed by atoms with Crippen molar-refractivity contribution in [1.82, 2.24) is 0 Å². The lowest BCUT2D eigenvalue weighted by Crippen LogP contribution is -2.18. The maximum Gasteiger partial charge on any atom is 0.310 e. The second-order valence-corrected chi connectivity index (χ2v) is 5.87. The van der Waals surface area contributed by atoms with E-state index in [1.165, 1.54) is 19.8 Å². The van der Waals surface area contributed by atoms with Crippen LogP contribution in [0.15, 0.2) is 36.4 Å². The molecule has 4 nitrogen and oxygen atoms in total. The molecule has 2 rings (SSSR count). The fourth-order valence-electron chi connectivity index (χ4n) is 2.54. The number of ether oxygens (including phenoxy) is 2. The monoisotopic (exact) mass is 316 g/mol. The predicted molar refractivity (Wildman–Crippen MR) is 87.7 cm³/mol. The Bertz CT molecular complexity index is 545. The summed E-state index contributed by atoms with van der Waals surface area (Å²) in [5.41, 5.74) is 1.80. The lowest BCUT2D eigenvalue weighted by Gasteiger charge is -2.16. The van der Waals surface area contributed by atoms with E-state index in [0.717, 1.165) is 30.4 Å². The quantitative estimate of drug-likeness (QED) is 0.613. The van der Waals surface area contributed by atoms with Gasteiger partial charge in [0.05, 0.1) is 6.42 Å². The van der Waals surface area contributed by atoms with Gasteiger partial charge in [0.1, 0.15) is 12.7 Å². The fourth-order valence-corrected chi connectivity index (χ4v) is 2.54. The van der Waals surface area contributed by atoms with Gasteiger partial charge in [0, 0.05) is 6.92 Å². The lowest BCUT2D eigenvalue weighted by molar-refractivity contribution is -0.146. The SMILES string of the molecule is CC(=O)OCc1ccc(CC(=O)OC2/C=C/CCCCC2)cc1. The molecule has 23 heavy (non-hydrogen) atoms. The van der Waals surface area contributed by atoms with E-state index in [1.807, 2.05) is 30.3 Å². The average Bonchev–Trinajstić information content (AvgIpc) is 2.49. The molecule has 0 N–H and O–H groups in total. The normalized spacial score (nSPS) is 19.3. The van der Waals surface area contributed by atoms with Gasteiger partial charge in [-0.15, -0.1) is 0 Å². The van der Waals surface area contributed by atoms with Crippen LogP contribution in [0.1, 0.15) is 50.2 Å². The van der Waals surface area contributed by atoms with E-state index < -0.39 is 0 Å². The first-order valence-electron chi connectivity index (χ1n) is 8.21. The minimum absolute atomic E-state index is 0.0916. The van der Waals surface area contributed by atoms with Crippen molar-refractivity contribution in [1.29, 1.82) is 0 Å². The molecule has 0 fully saturated rings. The van der Waals surface area contributed by atoms with Crippen molar-refractivity contribution in [3.63, 3.8) is 0 Å². The van der Waals surface area contributed by atoms with Crippen molar-refractivity contribution in [3.05, 3.63) is 47.5 Å². The smallest absolute Gasteiger partial charge is 0.310 e. The zero-order valence-corrected chi connectivity index (χ0v) is 13.6. The maximum atomic E-state index is 12.1. The first-order valence-corrected chi connectivity index (χ1v) is 8.21. The van der Waals surface area contributed by atoms with Gasteiger partial charge in [-0.1, -0.05) is 36.8 Å². The van der Waals surface area contributed by atoms with Crippen LogP contribution in [-0.2, 0) is 32.1 Å². The summed E-state index contributed by atoms with van der Waals surface area (Å²) in [7, 11) is 0. The van der Waals surface area contributed by atoms with Gasteiger partial charge in [-0.2, -0.15) is 0 Å². The zero-order chi connectivity index (χ0) is 16.5. The molecule has 0 spiro atoms. The van der Waals surface area contributed by atoms with Crippen molar-refractivity contribution in [2.75, 3.05) is 0 Å². The Morgan fingerprint density at radius 2 is 1.83 bits per heavy atom. The number of benzene rings is 1. The summed E-state index contributed by atoms with van der Waals surface area (Å²) in [6.45, 7) is 1.64. The van der Waals surface area contributed by atoms with Gasteiger partial charge in [0.15, 0.2) is 0 Å². The summed E-state index contributed by atoms with van der Waals surface area (Å²) in [6.07, 6.45) is 9.79. The highest BCUT2D eigenvalue weighted by atomic mass is 16.5. The molecule has 4 heteroatoms. The highest BCUT2D eigenvalue weighted by molar-refractivity contribution is 5.73. The summed E-state index contributed by atoms with van der Waals surface area (Å²) in [6, 6.07) is 7.46. The molecular weight excluding hydrogens is 292 g/mol. The summed E-state index contributed by atoms with van der Waals surface area (Å²) in [5.74, 6) is -0.502. The maximum absolute atomic E-state index is 12.1. The number of hydrogen-bond donors (Lipinski definition) is 0. The summed E-state index contributed by atoms with van der Waals surface area (Å²) in [5, 5.41) is 0. The molecule has 0 heterocycles. The third-order valence-electron chi connectivity index (χ3n) is 3.81. The van der Waals surface area contributed by atoms with Gasteiger partial charge >= 0.3 is 11.9 Å². The fraction of sp³-hybridized carbons (Fsp3) is 0.474. The van der Waals surface area contributed by atoms with Crippen molar-refractivity contribution >= 4 is 11.9 Å². The number of rotatable bonds is 5. The second kappa shape index (κ2) is 9.13. The highest BCUT2D eigenvalue weighted by Gasteiger charge is 2.13. The minimum Gasteiger partial charge on any atom is -0.461 e. The zero-order valence-electron chi connectivity index (χ0n) is 13.6. The van der Waals surface area contributed by atoms with Gasteiger partial charge in [-0.25, -0.2) is 0 Å². The molecule has 1 unspecified atom stereocenters. The Labute approximate surface area is 137 Å². The Balaban J connectivity index is 1.82. The van der Waals surface area contributed by atoms with Crippen molar-refractivity contribution in [3.8, 4) is 0 Å². The van der Waals surface area contributed by atoms with Crippen molar-refractivity contribution in [2.24, 2.45) is 0 Å². The van der Waals surface area contributed by atoms with Crippen LogP contribution >= 0.6 is 0 Å². The van der Waals surface area contributed by atoms with Crippen LogP contribution in [0.2, 0.25) is 0 Å². The first-order chi connectivity index (χ1) is 11.1. The van der Waals surface area contributed by atoms with E-state index in [1.54, 1.807) is 0 Å². The molecular formula is C19H24O4. The van der Waals surface area contributed by atoms with E-state index in [-0.39, 0.29) is 31.1 Å². The van der Waals surface area contributed by atoms with Crippen LogP contribution in [-0.4, -0.2) is 18.0 Å². The van der Waals surface area contributed by atoms with Crippen LogP contribution in [0.3, 0.4) is 0 Å². The minimum atomic E-state index is -0.301. The molecule has 0 radical (unpaired) electrons. The average molecular weight is 316 g/mol. The van der Waals surface area contributed by atoms with Crippen LogP contribution in [0.5, 0.6) is 0 Å². The first kappa shape index (κ1) is 17.3. The highest BCUT2D eigenvalue weighted by Crippen LogP contribution is 2.15. The largest absolute Gasteiger partial charge is 0.461 e. The van der Waals surface area contributed by atoms with Crippen molar-refractivity contribution in [2.45, 2.75) is 58.2 Å². The molecule has 1 aromatic carbocycles. The second-order valence-electron chi connectivity index (χ2n) is 5.87. The van der Waals surface area contributed by atoms with E-state index in [2.05, 4.69) is 6.08 Å². The molecule has 0 aliphatic heterocycles. The van der Waals surface area contributed by atoms with E-state index in [4.69, 9.17) is 9.47 Å². The van der Waals surface area contributed by atoms with Crippen LogP contribution in [0.25, 0.3) is 0 Å². The standard InChI is InChI=1S/C19H24O4/c1-15(20)22-14-17-11-9-16(10-12-17)13-19(21)23-18-7-5-3-2-4-6-8-18/h5,7,9-12,18H,2-4,6,8,13-14H2,1H3/b7-5+. The Kier molecular flexibility index (Phi) is 6.85. The molecule has 0 bridgehead atoms. The molecule has 124 valence electrons. The molecule has 1 atom stereocenters. The molecule has 1 aliphatic carbocycles. The number of carbonyl (C=O) groups excluding carboxylic acids is 2. The number of hydrogen-bond acceptors (Lipinski definition) is 4. The van der Waals surface area contributed by atoms with Gasteiger partial charge in [-0.3, -0.25) is 9.59 Å². The van der Waals surface area contributed by atoms with E-state index in [0.29, 0.717) is 0 Å². The summed E-state index contributed by atoms with van der Waals surface area (Å²) in [4.78, 5) is 22.8. The Morgan fingerprint density at radius 1 is 1.09 bits per heavy atom. The number of allylic oxidation sites excluding steroid dienone is 1. The predicted octanol–water partition coefficient (Wildman–Crippen LogP) is 3.72. The molecule has 0 aromatic heterocycles. The van der Waals surface area contributed by atoms with Gasteiger partial charge in [0.2, 0.25) is 0 Å². The molecule has 0 saturated carbocycles. The van der Waals surface area contributed by atoms with E-state index in [9.17, 15) is 9.59 Å². The van der Waals surface area contributed by atoms with Crippen LogP contribution in [0, 0.1) is 0 Å². The Morgan fingerprint density at radius 3 is 2.57 bits per heavy atom. The van der Waals surface area contributed by atoms with Gasteiger partial charge in [0.25, 0.3) is 0 Å². The van der Waals surface area contributed by atoms with Gasteiger partial charge in [-0.05, 0) is 42.9 Å². The van der Waals surface area contributed by atoms with Crippen LogP contribution in [0.4, 0.5) is 0 Å². The lowest BCUT2D eigenvalue weighted by atomic mass is 10.0. The van der Waals surface area contributed by atoms with Gasteiger partial charge < -0.3 is 9.47 Å². The van der Waals surface area contributed by atoms with E-state index >= 15 is 0 Å².